The first-order chi connectivity index (χ1) is 7.62. The zero-order chi connectivity index (χ0) is 11.8. The van der Waals surface area contributed by atoms with Crippen molar-refractivity contribution < 1.29 is 0 Å². The Labute approximate surface area is 101 Å². The highest BCUT2D eigenvalue weighted by Crippen LogP contribution is 2.51. The second kappa shape index (κ2) is 4.66. The lowest BCUT2D eigenvalue weighted by molar-refractivity contribution is 0.0837. The molecular weight excluding hydrogens is 196 g/mol. The maximum atomic E-state index is 5.91. The molecule has 2 rings (SSSR count). The van der Waals surface area contributed by atoms with Crippen molar-refractivity contribution in [2.75, 3.05) is 13.1 Å². The van der Waals surface area contributed by atoms with Gasteiger partial charge in [0.15, 0.2) is 0 Å². The van der Waals surface area contributed by atoms with E-state index in [1.165, 1.54) is 38.6 Å². The molecule has 94 valence electrons. The molecule has 0 bridgehead atoms. The molecule has 3 atom stereocenters. The molecular formula is C14H28N2. The molecule has 2 aliphatic carbocycles. The number of hydrogen-bond donors (Lipinski definition) is 1. The summed E-state index contributed by atoms with van der Waals surface area (Å²) in [5.41, 5.74) is 6.52. The van der Waals surface area contributed by atoms with Crippen molar-refractivity contribution in [2.45, 2.75) is 65.0 Å². The number of rotatable bonds is 5. The summed E-state index contributed by atoms with van der Waals surface area (Å²) in [7, 11) is 0. The summed E-state index contributed by atoms with van der Waals surface area (Å²) in [5.74, 6) is 0.754. The average Bonchev–Trinajstić information content (AvgIpc) is 2.87. The van der Waals surface area contributed by atoms with Gasteiger partial charge in [-0.3, -0.25) is 4.90 Å². The van der Waals surface area contributed by atoms with Crippen LogP contribution in [0.4, 0.5) is 0 Å². The molecule has 0 amide bonds. The van der Waals surface area contributed by atoms with Crippen LogP contribution in [-0.2, 0) is 0 Å². The van der Waals surface area contributed by atoms with Crippen molar-refractivity contribution in [3.8, 4) is 0 Å². The van der Waals surface area contributed by atoms with Crippen molar-refractivity contribution in [1.29, 1.82) is 0 Å². The molecule has 0 saturated heterocycles. The van der Waals surface area contributed by atoms with Crippen LogP contribution in [0.1, 0.15) is 52.9 Å². The Morgan fingerprint density at radius 2 is 2.06 bits per heavy atom. The molecule has 0 heterocycles. The summed E-state index contributed by atoms with van der Waals surface area (Å²) in [5, 5.41) is 0. The lowest BCUT2D eigenvalue weighted by atomic mass is 9.94. The van der Waals surface area contributed by atoms with Gasteiger partial charge in [-0.2, -0.15) is 0 Å². The second-order valence-electron chi connectivity index (χ2n) is 6.15. The van der Waals surface area contributed by atoms with Crippen LogP contribution in [0.15, 0.2) is 0 Å². The van der Waals surface area contributed by atoms with Crippen LogP contribution in [0.2, 0.25) is 0 Å². The van der Waals surface area contributed by atoms with Gasteiger partial charge in [0, 0.05) is 12.1 Å². The Balaban J connectivity index is 2.03. The van der Waals surface area contributed by atoms with E-state index in [2.05, 4.69) is 25.7 Å². The maximum absolute atomic E-state index is 5.91. The van der Waals surface area contributed by atoms with E-state index in [0.717, 1.165) is 24.5 Å². The Morgan fingerprint density at radius 1 is 1.38 bits per heavy atom. The molecule has 0 spiro atoms. The van der Waals surface area contributed by atoms with Gasteiger partial charge in [0.1, 0.15) is 0 Å². The van der Waals surface area contributed by atoms with Crippen molar-refractivity contribution in [3.63, 3.8) is 0 Å². The lowest BCUT2D eigenvalue weighted by Gasteiger charge is -2.39. The van der Waals surface area contributed by atoms with Crippen LogP contribution in [0.25, 0.3) is 0 Å². The predicted molar refractivity (Wildman–Crippen MR) is 69.4 cm³/mol. The maximum Gasteiger partial charge on any atom is 0.0138 e. The highest BCUT2D eigenvalue weighted by molar-refractivity contribution is 5.00. The largest absolute Gasteiger partial charge is 0.330 e. The normalized spacial score (nSPS) is 34.3. The van der Waals surface area contributed by atoms with Crippen molar-refractivity contribution in [2.24, 2.45) is 17.1 Å². The van der Waals surface area contributed by atoms with Crippen LogP contribution < -0.4 is 5.73 Å². The van der Waals surface area contributed by atoms with Gasteiger partial charge in [0.05, 0.1) is 0 Å². The standard InChI is InChI=1S/C14H28N2/c1-4-16(11(2)14(3)8-9-14)13-7-5-6-12(13)10-15/h11-13H,4-10,15H2,1-3H3. The van der Waals surface area contributed by atoms with Gasteiger partial charge >= 0.3 is 0 Å². The highest BCUT2D eigenvalue weighted by Gasteiger charge is 2.47. The molecule has 2 fully saturated rings. The van der Waals surface area contributed by atoms with Crippen LogP contribution in [0.5, 0.6) is 0 Å². The van der Waals surface area contributed by atoms with E-state index in [0.29, 0.717) is 5.41 Å². The minimum atomic E-state index is 0.609. The molecule has 16 heavy (non-hydrogen) atoms. The molecule has 2 heteroatoms. The monoisotopic (exact) mass is 224 g/mol. The summed E-state index contributed by atoms with van der Waals surface area (Å²) >= 11 is 0. The first-order valence-corrected chi connectivity index (χ1v) is 7.08. The Kier molecular flexibility index (Phi) is 3.60. The SMILES string of the molecule is CCN(C1CCCC1CN)C(C)C1(C)CC1. The van der Waals surface area contributed by atoms with Gasteiger partial charge in [0.25, 0.3) is 0 Å². The van der Waals surface area contributed by atoms with E-state index in [-0.39, 0.29) is 0 Å². The summed E-state index contributed by atoms with van der Waals surface area (Å²) in [6.45, 7) is 9.27. The topological polar surface area (TPSA) is 29.3 Å². The third-order valence-corrected chi connectivity index (χ3v) is 5.26. The molecule has 0 aromatic heterocycles. The number of nitrogens with zero attached hydrogens (tertiary/aromatic N) is 1. The second-order valence-corrected chi connectivity index (χ2v) is 6.15. The highest BCUT2D eigenvalue weighted by atomic mass is 15.2. The third-order valence-electron chi connectivity index (χ3n) is 5.26. The van der Waals surface area contributed by atoms with Gasteiger partial charge in [-0.15, -0.1) is 0 Å². The number of nitrogens with two attached hydrogens (primary N) is 1. The van der Waals surface area contributed by atoms with Gasteiger partial charge in [-0.05, 0) is 57.0 Å². The Bertz CT molecular complexity index is 235. The molecule has 3 unspecified atom stereocenters. The zero-order valence-electron chi connectivity index (χ0n) is 11.2. The van der Waals surface area contributed by atoms with Gasteiger partial charge in [0.2, 0.25) is 0 Å². The van der Waals surface area contributed by atoms with Gasteiger partial charge in [-0.25, -0.2) is 0 Å². The molecule has 0 aromatic rings. The van der Waals surface area contributed by atoms with Crippen molar-refractivity contribution in [3.05, 3.63) is 0 Å². The van der Waals surface area contributed by atoms with E-state index in [1.807, 2.05) is 0 Å². The van der Waals surface area contributed by atoms with E-state index in [1.54, 1.807) is 0 Å². The van der Waals surface area contributed by atoms with Crippen molar-refractivity contribution in [1.82, 2.24) is 4.90 Å². The van der Waals surface area contributed by atoms with Gasteiger partial charge in [-0.1, -0.05) is 20.3 Å². The van der Waals surface area contributed by atoms with Gasteiger partial charge < -0.3 is 5.73 Å². The minimum Gasteiger partial charge on any atom is -0.330 e. The zero-order valence-corrected chi connectivity index (χ0v) is 11.2. The smallest absolute Gasteiger partial charge is 0.0138 e. The quantitative estimate of drug-likeness (QED) is 0.778. The molecule has 2 N–H and O–H groups in total. The third kappa shape index (κ3) is 2.14. The molecule has 2 saturated carbocycles. The minimum absolute atomic E-state index is 0.609. The van der Waals surface area contributed by atoms with Crippen molar-refractivity contribution >= 4 is 0 Å². The Hall–Kier alpha value is -0.0800. The fourth-order valence-electron chi connectivity index (χ4n) is 3.54. The van der Waals surface area contributed by atoms with Crippen LogP contribution >= 0.6 is 0 Å². The molecule has 0 radical (unpaired) electrons. The van der Waals surface area contributed by atoms with E-state index in [9.17, 15) is 0 Å². The fraction of sp³-hybridized carbons (Fsp3) is 1.00. The molecule has 2 aliphatic rings. The summed E-state index contributed by atoms with van der Waals surface area (Å²) in [6, 6.07) is 1.51. The number of hydrogen-bond acceptors (Lipinski definition) is 2. The van der Waals surface area contributed by atoms with Crippen LogP contribution in [-0.4, -0.2) is 30.1 Å². The van der Waals surface area contributed by atoms with E-state index >= 15 is 0 Å². The van der Waals surface area contributed by atoms with E-state index in [4.69, 9.17) is 5.73 Å². The first-order valence-electron chi connectivity index (χ1n) is 7.08. The molecule has 0 aliphatic heterocycles. The predicted octanol–water partition coefficient (Wildman–Crippen LogP) is 2.62. The summed E-state index contributed by atoms with van der Waals surface area (Å²) < 4.78 is 0. The lowest BCUT2D eigenvalue weighted by Crippen LogP contribution is -2.48. The fourth-order valence-corrected chi connectivity index (χ4v) is 3.54. The molecule has 0 aromatic carbocycles. The average molecular weight is 224 g/mol. The van der Waals surface area contributed by atoms with Crippen LogP contribution in [0, 0.1) is 11.3 Å². The first kappa shape index (κ1) is 12.4. The Morgan fingerprint density at radius 3 is 2.56 bits per heavy atom. The van der Waals surface area contributed by atoms with Crippen LogP contribution in [0.3, 0.4) is 0 Å². The summed E-state index contributed by atoms with van der Waals surface area (Å²) in [4.78, 5) is 2.75. The molecule has 2 nitrogen and oxygen atoms in total. The summed E-state index contributed by atoms with van der Waals surface area (Å²) in [6.07, 6.45) is 6.94. The van der Waals surface area contributed by atoms with E-state index < -0.39 is 0 Å².